The van der Waals surface area contributed by atoms with E-state index >= 15 is 0 Å². The number of anilines is 2. The van der Waals surface area contributed by atoms with Crippen molar-refractivity contribution >= 4 is 39.3 Å². The van der Waals surface area contributed by atoms with Gasteiger partial charge in [0, 0.05) is 30.9 Å². The summed E-state index contributed by atoms with van der Waals surface area (Å²) in [6.07, 6.45) is 1.82. The highest BCUT2D eigenvalue weighted by molar-refractivity contribution is 7.92. The van der Waals surface area contributed by atoms with Gasteiger partial charge in [-0.3, -0.25) is 9.52 Å². The molecule has 0 spiro atoms. The number of likely N-dealkylation sites (tertiary alicyclic amines) is 1. The Labute approximate surface area is 235 Å². The van der Waals surface area contributed by atoms with Crippen molar-refractivity contribution in [2.24, 2.45) is 0 Å². The number of ketones is 1. The maximum atomic E-state index is 13.1. The molecule has 0 bridgehead atoms. The molecule has 2 fully saturated rings. The van der Waals surface area contributed by atoms with Gasteiger partial charge in [-0.2, -0.15) is 13.2 Å². The SMILES string of the molecule is CC(=O)c1ccc(S(=O)(=O)Nc2cc(C(=O)O)cnc2N2CCC(N3CCCCC3)CC2)cc1.O=C(O)C(F)(F)F. The number of carbonyl (C=O) groups is 3. The van der Waals surface area contributed by atoms with Crippen LogP contribution in [0, 0.1) is 0 Å². The van der Waals surface area contributed by atoms with Gasteiger partial charge in [-0.15, -0.1) is 0 Å². The number of nitrogens with one attached hydrogen (secondary N) is 1. The van der Waals surface area contributed by atoms with Crippen LogP contribution in [0.25, 0.3) is 0 Å². The average molecular weight is 601 g/mol. The van der Waals surface area contributed by atoms with E-state index in [1.165, 1.54) is 62.7 Å². The monoisotopic (exact) mass is 600 g/mol. The lowest BCUT2D eigenvalue weighted by molar-refractivity contribution is -0.192. The summed E-state index contributed by atoms with van der Waals surface area (Å²) >= 11 is 0. The highest BCUT2D eigenvalue weighted by atomic mass is 32.2. The molecular weight excluding hydrogens is 569 g/mol. The maximum absolute atomic E-state index is 13.1. The predicted molar refractivity (Wildman–Crippen MR) is 143 cm³/mol. The molecule has 0 amide bonds. The van der Waals surface area contributed by atoms with Crippen LogP contribution in [0.5, 0.6) is 0 Å². The number of carboxylic acids is 2. The normalized spacial score (nSPS) is 16.8. The topological polar surface area (TPSA) is 157 Å². The lowest BCUT2D eigenvalue weighted by Crippen LogP contribution is -2.47. The van der Waals surface area contributed by atoms with Gasteiger partial charge in [-0.25, -0.2) is 23.0 Å². The molecule has 4 rings (SSSR count). The zero-order valence-corrected chi connectivity index (χ0v) is 23.0. The van der Waals surface area contributed by atoms with Crippen LogP contribution in [0.3, 0.4) is 0 Å². The maximum Gasteiger partial charge on any atom is 0.490 e. The molecule has 3 heterocycles. The van der Waals surface area contributed by atoms with Gasteiger partial charge in [0.15, 0.2) is 11.6 Å². The fraction of sp³-hybridized carbons (Fsp3) is 0.462. The number of benzene rings is 1. The number of hydrogen-bond acceptors (Lipinski definition) is 8. The number of carbonyl (C=O) groups excluding carboxylic acids is 1. The minimum absolute atomic E-state index is 0.0204. The Kier molecular flexibility index (Phi) is 10.3. The molecule has 0 saturated carbocycles. The minimum atomic E-state index is -5.08. The number of piperidine rings is 2. The molecule has 0 unspecified atom stereocenters. The first-order valence-electron chi connectivity index (χ1n) is 12.9. The molecule has 11 nitrogen and oxygen atoms in total. The number of aromatic nitrogens is 1. The van der Waals surface area contributed by atoms with Crippen molar-refractivity contribution in [3.63, 3.8) is 0 Å². The summed E-state index contributed by atoms with van der Waals surface area (Å²) in [5, 5.41) is 16.5. The van der Waals surface area contributed by atoms with Crippen molar-refractivity contribution < 1.29 is 46.2 Å². The summed E-state index contributed by atoms with van der Waals surface area (Å²) < 4.78 is 60.4. The number of rotatable bonds is 7. The summed E-state index contributed by atoms with van der Waals surface area (Å²) in [6.45, 7) is 5.09. The Morgan fingerprint density at radius 2 is 1.51 bits per heavy atom. The first-order chi connectivity index (χ1) is 19.2. The van der Waals surface area contributed by atoms with Crippen molar-refractivity contribution in [3.8, 4) is 0 Å². The highest BCUT2D eigenvalue weighted by Gasteiger charge is 2.38. The van der Waals surface area contributed by atoms with Crippen LogP contribution < -0.4 is 9.62 Å². The van der Waals surface area contributed by atoms with Crippen molar-refractivity contribution in [3.05, 3.63) is 47.7 Å². The second-order valence-electron chi connectivity index (χ2n) is 9.70. The van der Waals surface area contributed by atoms with E-state index in [1.807, 2.05) is 4.90 Å². The van der Waals surface area contributed by atoms with Crippen LogP contribution in [-0.4, -0.2) is 84.6 Å². The van der Waals surface area contributed by atoms with Crippen LogP contribution in [0.1, 0.15) is 59.7 Å². The number of aromatic carboxylic acids is 1. The average Bonchev–Trinajstić information content (AvgIpc) is 2.93. The molecule has 0 aliphatic carbocycles. The summed E-state index contributed by atoms with van der Waals surface area (Å²) in [5.74, 6) is -3.68. The first-order valence-corrected chi connectivity index (χ1v) is 14.3. The fourth-order valence-electron chi connectivity index (χ4n) is 4.70. The molecule has 1 aromatic carbocycles. The smallest absolute Gasteiger partial charge is 0.478 e. The van der Waals surface area contributed by atoms with E-state index in [2.05, 4.69) is 14.6 Å². The molecule has 2 aliphatic rings. The molecule has 1 aromatic heterocycles. The van der Waals surface area contributed by atoms with Crippen LogP contribution in [-0.2, 0) is 14.8 Å². The predicted octanol–water partition coefficient (Wildman–Crippen LogP) is 3.87. The van der Waals surface area contributed by atoms with E-state index in [4.69, 9.17) is 9.90 Å². The molecule has 2 saturated heterocycles. The molecule has 41 heavy (non-hydrogen) atoms. The summed E-state index contributed by atoms with van der Waals surface area (Å²) in [5.41, 5.74) is 0.439. The third-order valence-electron chi connectivity index (χ3n) is 6.84. The molecule has 224 valence electrons. The number of halogens is 3. The number of alkyl halides is 3. The van der Waals surface area contributed by atoms with Gasteiger partial charge in [0.1, 0.15) is 0 Å². The lowest BCUT2D eigenvalue weighted by atomic mass is 10.00. The minimum Gasteiger partial charge on any atom is -0.478 e. The zero-order chi connectivity index (χ0) is 30.4. The van der Waals surface area contributed by atoms with Gasteiger partial charge in [-0.1, -0.05) is 18.6 Å². The highest BCUT2D eigenvalue weighted by Crippen LogP contribution is 2.31. The van der Waals surface area contributed by atoms with Crippen LogP contribution in [0.2, 0.25) is 0 Å². The number of Topliss-reactive ketones (excluding diaryl/α,β-unsaturated/α-hetero) is 1. The Morgan fingerprint density at radius 1 is 0.951 bits per heavy atom. The quantitative estimate of drug-likeness (QED) is 0.399. The van der Waals surface area contributed by atoms with Crippen molar-refractivity contribution in [1.82, 2.24) is 9.88 Å². The van der Waals surface area contributed by atoms with E-state index in [0.717, 1.165) is 25.9 Å². The molecule has 15 heteroatoms. The van der Waals surface area contributed by atoms with E-state index in [0.29, 0.717) is 30.5 Å². The third kappa shape index (κ3) is 8.63. The molecular formula is C26H31F3N4O7S. The van der Waals surface area contributed by atoms with E-state index in [9.17, 15) is 36.3 Å². The van der Waals surface area contributed by atoms with E-state index in [1.54, 1.807) is 0 Å². The molecule has 3 N–H and O–H groups in total. The molecule has 0 atom stereocenters. The number of sulfonamides is 1. The van der Waals surface area contributed by atoms with Gasteiger partial charge in [0.05, 0.1) is 16.1 Å². The van der Waals surface area contributed by atoms with E-state index < -0.39 is 28.1 Å². The number of aliphatic carboxylic acids is 1. The second kappa shape index (κ2) is 13.3. The van der Waals surface area contributed by atoms with Crippen molar-refractivity contribution in [1.29, 1.82) is 0 Å². The number of pyridine rings is 1. The van der Waals surface area contributed by atoms with E-state index in [-0.39, 0.29) is 21.9 Å². The van der Waals surface area contributed by atoms with Gasteiger partial charge in [-0.05, 0) is 63.9 Å². The zero-order valence-electron chi connectivity index (χ0n) is 22.2. The standard InChI is InChI=1S/C24H30N4O5S.C2HF3O2/c1-17(29)18-5-7-21(8-6-18)34(32,33)26-22-15-19(24(30)31)16-25-23(22)28-13-9-20(10-14-28)27-11-3-2-4-12-27;3-2(4,5)1(6)7/h5-8,15-16,20,26H,2-4,9-14H2,1H3,(H,30,31);(H,6,7). The van der Waals surface area contributed by atoms with Crippen molar-refractivity contribution in [2.45, 2.75) is 56.1 Å². The van der Waals surface area contributed by atoms with Gasteiger partial charge in [0.25, 0.3) is 10.0 Å². The van der Waals surface area contributed by atoms with Crippen LogP contribution >= 0.6 is 0 Å². The Hall–Kier alpha value is -3.72. The molecule has 0 radical (unpaired) electrons. The summed E-state index contributed by atoms with van der Waals surface area (Å²) in [6, 6.07) is 7.44. The Bertz CT molecular complexity index is 1350. The van der Waals surface area contributed by atoms with Crippen LogP contribution in [0.4, 0.5) is 24.7 Å². The summed E-state index contributed by atoms with van der Waals surface area (Å²) in [7, 11) is -4.02. The van der Waals surface area contributed by atoms with Gasteiger partial charge >= 0.3 is 18.1 Å². The third-order valence-corrected chi connectivity index (χ3v) is 8.22. The number of hydrogen-bond donors (Lipinski definition) is 3. The Balaban J connectivity index is 0.000000587. The van der Waals surface area contributed by atoms with Crippen molar-refractivity contribution in [2.75, 3.05) is 35.8 Å². The summed E-state index contributed by atoms with van der Waals surface area (Å²) in [4.78, 5) is 40.8. The largest absolute Gasteiger partial charge is 0.490 e. The van der Waals surface area contributed by atoms with Gasteiger partial charge < -0.3 is 20.0 Å². The van der Waals surface area contributed by atoms with Crippen LogP contribution in [0.15, 0.2) is 41.4 Å². The molecule has 2 aliphatic heterocycles. The first kappa shape index (κ1) is 31.8. The Morgan fingerprint density at radius 3 is 2.00 bits per heavy atom. The molecule has 2 aromatic rings. The second-order valence-corrected chi connectivity index (χ2v) is 11.4. The lowest BCUT2D eigenvalue weighted by Gasteiger charge is -2.40. The number of nitrogens with zero attached hydrogens (tertiary/aromatic N) is 3. The van der Waals surface area contributed by atoms with Gasteiger partial charge in [0.2, 0.25) is 0 Å². The fourth-order valence-corrected chi connectivity index (χ4v) is 5.75. The number of carboxylic acid groups (broad SMARTS) is 2.